The first-order chi connectivity index (χ1) is 11.4. The zero-order chi connectivity index (χ0) is 17.3. The number of aryl methyl sites for hydroxylation is 1. The Balaban J connectivity index is 1.65. The van der Waals surface area contributed by atoms with Gasteiger partial charge in [0.1, 0.15) is 0 Å². The number of sulfonamides is 1. The number of nitrogens with zero attached hydrogens (tertiary/aromatic N) is 3. The SMILES string of the molecule is Cc1nc(CN2CCN(S(=O)(=O)c3ccc(Cl)c(Cl)c3)CC2)cs1. The Morgan fingerprint density at radius 2 is 1.88 bits per heavy atom. The molecule has 1 aliphatic rings. The Hall–Kier alpha value is -0.700. The first-order valence-corrected chi connectivity index (χ1v) is 10.5. The van der Waals surface area contributed by atoms with Gasteiger partial charge < -0.3 is 0 Å². The van der Waals surface area contributed by atoms with Crippen molar-refractivity contribution in [2.75, 3.05) is 26.2 Å². The lowest BCUT2D eigenvalue weighted by Gasteiger charge is -2.33. The van der Waals surface area contributed by atoms with Crippen LogP contribution < -0.4 is 0 Å². The van der Waals surface area contributed by atoms with E-state index in [1.54, 1.807) is 11.3 Å². The number of benzene rings is 1. The van der Waals surface area contributed by atoms with E-state index >= 15 is 0 Å². The highest BCUT2D eigenvalue weighted by Gasteiger charge is 2.29. The van der Waals surface area contributed by atoms with Crippen LogP contribution in [-0.2, 0) is 16.6 Å². The summed E-state index contributed by atoms with van der Waals surface area (Å²) >= 11 is 13.4. The van der Waals surface area contributed by atoms with E-state index < -0.39 is 10.0 Å². The minimum Gasteiger partial charge on any atom is -0.295 e. The molecule has 0 unspecified atom stereocenters. The quantitative estimate of drug-likeness (QED) is 0.782. The summed E-state index contributed by atoms with van der Waals surface area (Å²) in [5.41, 5.74) is 1.04. The van der Waals surface area contributed by atoms with Crippen molar-refractivity contribution in [3.8, 4) is 0 Å². The molecule has 0 bridgehead atoms. The summed E-state index contributed by atoms with van der Waals surface area (Å²) in [5.74, 6) is 0. The van der Waals surface area contributed by atoms with Crippen LogP contribution in [0.1, 0.15) is 10.7 Å². The van der Waals surface area contributed by atoms with Crippen molar-refractivity contribution in [3.05, 3.63) is 44.3 Å². The molecular formula is C15H17Cl2N3O2S2. The molecule has 0 amide bonds. The van der Waals surface area contributed by atoms with Gasteiger partial charge in [-0.3, -0.25) is 4.90 Å². The Kier molecular flexibility index (Phi) is 5.48. The van der Waals surface area contributed by atoms with Gasteiger partial charge in [0, 0.05) is 38.1 Å². The fourth-order valence-electron chi connectivity index (χ4n) is 2.62. The van der Waals surface area contributed by atoms with Crippen LogP contribution in [-0.4, -0.2) is 48.8 Å². The number of hydrogen-bond acceptors (Lipinski definition) is 5. The van der Waals surface area contributed by atoms with Crippen LogP contribution in [0.5, 0.6) is 0 Å². The standard InChI is InChI=1S/C15H17Cl2N3O2S2/c1-11-18-12(10-23-11)9-19-4-6-20(7-5-19)24(21,22)13-2-3-14(16)15(17)8-13/h2-3,8,10H,4-7,9H2,1H3. The molecule has 1 aromatic carbocycles. The highest BCUT2D eigenvalue weighted by molar-refractivity contribution is 7.89. The molecule has 1 fully saturated rings. The Bertz CT molecular complexity index is 831. The molecule has 0 radical (unpaired) electrons. The van der Waals surface area contributed by atoms with Gasteiger partial charge in [0.25, 0.3) is 0 Å². The number of aromatic nitrogens is 1. The van der Waals surface area contributed by atoms with Crippen molar-refractivity contribution in [1.29, 1.82) is 0 Å². The first-order valence-electron chi connectivity index (χ1n) is 7.45. The first kappa shape index (κ1) is 18.1. The highest BCUT2D eigenvalue weighted by atomic mass is 35.5. The molecule has 0 atom stereocenters. The molecule has 24 heavy (non-hydrogen) atoms. The number of hydrogen-bond donors (Lipinski definition) is 0. The molecular weight excluding hydrogens is 389 g/mol. The summed E-state index contributed by atoms with van der Waals surface area (Å²) in [7, 11) is -3.54. The molecule has 2 heterocycles. The summed E-state index contributed by atoms with van der Waals surface area (Å²) in [4.78, 5) is 6.85. The topological polar surface area (TPSA) is 53.5 Å². The molecule has 0 N–H and O–H groups in total. The monoisotopic (exact) mass is 405 g/mol. The fourth-order valence-corrected chi connectivity index (χ4v) is 5.04. The summed E-state index contributed by atoms with van der Waals surface area (Å²) < 4.78 is 26.9. The average molecular weight is 406 g/mol. The third kappa shape index (κ3) is 3.92. The van der Waals surface area contributed by atoms with E-state index in [2.05, 4.69) is 9.88 Å². The van der Waals surface area contributed by atoms with Gasteiger partial charge in [0.15, 0.2) is 0 Å². The van der Waals surface area contributed by atoms with E-state index in [0.717, 1.165) is 17.2 Å². The van der Waals surface area contributed by atoms with Crippen LogP contribution in [0.3, 0.4) is 0 Å². The van der Waals surface area contributed by atoms with E-state index in [4.69, 9.17) is 23.2 Å². The predicted octanol–water partition coefficient (Wildman–Crippen LogP) is 3.26. The van der Waals surface area contributed by atoms with Gasteiger partial charge in [-0.05, 0) is 25.1 Å². The van der Waals surface area contributed by atoms with Crippen molar-refractivity contribution in [3.63, 3.8) is 0 Å². The maximum Gasteiger partial charge on any atom is 0.243 e. The van der Waals surface area contributed by atoms with Crippen LogP contribution in [0, 0.1) is 6.92 Å². The van der Waals surface area contributed by atoms with Gasteiger partial charge >= 0.3 is 0 Å². The van der Waals surface area contributed by atoms with Gasteiger partial charge in [-0.2, -0.15) is 4.31 Å². The number of halogens is 2. The molecule has 9 heteroatoms. The smallest absolute Gasteiger partial charge is 0.243 e. The summed E-state index contributed by atoms with van der Waals surface area (Å²) in [6.07, 6.45) is 0. The van der Waals surface area contributed by atoms with E-state index in [9.17, 15) is 8.42 Å². The summed E-state index contributed by atoms with van der Waals surface area (Å²) in [6.45, 7) is 4.99. The summed E-state index contributed by atoms with van der Waals surface area (Å²) in [5, 5.41) is 3.69. The molecule has 3 rings (SSSR count). The second-order valence-corrected chi connectivity index (χ2v) is 9.43. The minimum absolute atomic E-state index is 0.181. The van der Waals surface area contributed by atoms with E-state index in [1.165, 1.54) is 22.5 Å². The van der Waals surface area contributed by atoms with Crippen molar-refractivity contribution in [2.24, 2.45) is 0 Å². The number of thiazole rings is 1. The third-order valence-corrected chi connectivity index (χ3v) is 7.37. The second kappa shape index (κ2) is 7.27. The lowest BCUT2D eigenvalue weighted by atomic mass is 10.3. The van der Waals surface area contributed by atoms with Crippen LogP contribution >= 0.6 is 34.5 Å². The Morgan fingerprint density at radius 1 is 1.17 bits per heavy atom. The van der Waals surface area contributed by atoms with Crippen molar-refractivity contribution in [1.82, 2.24) is 14.2 Å². The molecule has 0 spiro atoms. The van der Waals surface area contributed by atoms with Crippen LogP contribution in [0.2, 0.25) is 10.0 Å². The molecule has 130 valence electrons. The Labute approximate surface area is 155 Å². The largest absolute Gasteiger partial charge is 0.295 e. The molecule has 1 aliphatic heterocycles. The van der Waals surface area contributed by atoms with Gasteiger partial charge in [-0.1, -0.05) is 23.2 Å². The van der Waals surface area contributed by atoms with E-state index in [0.29, 0.717) is 31.2 Å². The van der Waals surface area contributed by atoms with Crippen LogP contribution in [0.15, 0.2) is 28.5 Å². The van der Waals surface area contributed by atoms with Crippen LogP contribution in [0.25, 0.3) is 0 Å². The Morgan fingerprint density at radius 3 is 2.46 bits per heavy atom. The predicted molar refractivity (Wildman–Crippen MR) is 97.3 cm³/mol. The molecule has 0 aliphatic carbocycles. The van der Waals surface area contributed by atoms with E-state index in [-0.39, 0.29) is 9.92 Å². The number of piperazine rings is 1. The lowest BCUT2D eigenvalue weighted by Crippen LogP contribution is -2.48. The van der Waals surface area contributed by atoms with Gasteiger partial charge in [-0.15, -0.1) is 11.3 Å². The minimum atomic E-state index is -3.54. The van der Waals surface area contributed by atoms with E-state index in [1.807, 2.05) is 12.3 Å². The zero-order valence-corrected chi connectivity index (χ0v) is 16.2. The van der Waals surface area contributed by atoms with Gasteiger partial charge in [0.2, 0.25) is 10.0 Å². The fraction of sp³-hybridized carbons (Fsp3) is 0.400. The molecule has 2 aromatic rings. The van der Waals surface area contributed by atoms with Crippen molar-refractivity contribution >= 4 is 44.6 Å². The average Bonchev–Trinajstić information content (AvgIpc) is 2.95. The molecule has 5 nitrogen and oxygen atoms in total. The summed E-state index contributed by atoms with van der Waals surface area (Å²) in [6, 6.07) is 4.41. The van der Waals surface area contributed by atoms with Gasteiger partial charge in [0.05, 0.1) is 25.6 Å². The normalized spacial score (nSPS) is 17.3. The molecule has 1 saturated heterocycles. The molecule has 1 aromatic heterocycles. The van der Waals surface area contributed by atoms with Crippen molar-refractivity contribution in [2.45, 2.75) is 18.4 Å². The zero-order valence-electron chi connectivity index (χ0n) is 13.1. The second-order valence-electron chi connectivity index (χ2n) is 5.61. The maximum atomic E-state index is 12.7. The van der Waals surface area contributed by atoms with Crippen LogP contribution in [0.4, 0.5) is 0 Å². The maximum absolute atomic E-state index is 12.7. The highest BCUT2D eigenvalue weighted by Crippen LogP contribution is 2.27. The number of rotatable bonds is 4. The lowest BCUT2D eigenvalue weighted by molar-refractivity contribution is 0.180. The molecule has 0 saturated carbocycles. The van der Waals surface area contributed by atoms with Gasteiger partial charge in [-0.25, -0.2) is 13.4 Å². The third-order valence-electron chi connectivity index (χ3n) is 3.91. The van der Waals surface area contributed by atoms with Crippen molar-refractivity contribution < 1.29 is 8.42 Å².